The van der Waals surface area contributed by atoms with Crippen molar-refractivity contribution < 1.29 is 33.9 Å². The number of amides is 3. The molecule has 0 radical (unpaired) electrons. The van der Waals surface area contributed by atoms with E-state index in [1.54, 1.807) is 10.3 Å². The minimum atomic E-state index is -1.31. The number of nitrogens with two attached hydrogens (primary N) is 1. The molecule has 0 bridgehead atoms. The molecule has 4 rings (SSSR count). The van der Waals surface area contributed by atoms with Crippen LogP contribution in [-0.4, -0.2) is 118 Å². The van der Waals surface area contributed by atoms with E-state index in [9.17, 15) is 24.3 Å². The maximum Gasteiger partial charge on any atom is 0.410 e. The molecule has 14 nitrogen and oxygen atoms in total. The summed E-state index contributed by atoms with van der Waals surface area (Å²) in [6.45, 7) is 4.39. The van der Waals surface area contributed by atoms with E-state index in [-0.39, 0.29) is 41.2 Å². The molecule has 0 aliphatic carbocycles. The van der Waals surface area contributed by atoms with E-state index in [1.807, 2.05) is 14.0 Å². The molecule has 1 aromatic heterocycles. The Morgan fingerprint density at radius 1 is 1.29 bits per heavy atom. The number of carboxylic acid groups (broad SMARTS) is 1. The zero-order valence-corrected chi connectivity index (χ0v) is 22.5. The van der Waals surface area contributed by atoms with Gasteiger partial charge in [-0.05, 0) is 13.5 Å². The predicted octanol–water partition coefficient (Wildman–Crippen LogP) is -0.0214. The van der Waals surface area contributed by atoms with Crippen molar-refractivity contribution in [1.29, 1.82) is 0 Å². The van der Waals surface area contributed by atoms with E-state index in [0.29, 0.717) is 25.1 Å². The Balaban J connectivity index is 1.43. The largest absolute Gasteiger partial charge is 0.477 e. The molecule has 0 aromatic carbocycles. The van der Waals surface area contributed by atoms with E-state index in [2.05, 4.69) is 20.4 Å². The summed E-state index contributed by atoms with van der Waals surface area (Å²) in [6, 6.07) is -0.983. The average molecular weight is 568 g/mol. The number of fused-ring (bicyclic) bond motifs is 1. The number of carbonyl (C=O) groups is 4. The number of hydrogen-bond donors (Lipinski definition) is 3. The second-order valence-corrected chi connectivity index (χ2v) is 10.8. The number of nitrogens with one attached hydrogen (secondary N) is 1. The molecule has 3 amide bonds. The van der Waals surface area contributed by atoms with Gasteiger partial charge in [0.15, 0.2) is 10.8 Å². The van der Waals surface area contributed by atoms with Crippen LogP contribution in [0.25, 0.3) is 0 Å². The van der Waals surface area contributed by atoms with E-state index in [0.717, 1.165) is 29.3 Å². The number of nitrogens with zero attached hydrogens (tertiary/aromatic N) is 5. The minimum absolute atomic E-state index is 0.135. The van der Waals surface area contributed by atoms with E-state index in [1.165, 1.54) is 11.8 Å². The number of thioether (sulfide) groups is 1. The van der Waals surface area contributed by atoms with Crippen molar-refractivity contribution in [3.63, 3.8) is 0 Å². The van der Waals surface area contributed by atoms with Crippen LogP contribution in [0.15, 0.2) is 21.8 Å². The Hall–Kier alpha value is -3.37. The van der Waals surface area contributed by atoms with Crippen molar-refractivity contribution in [2.45, 2.75) is 24.8 Å². The summed E-state index contributed by atoms with van der Waals surface area (Å²) in [5, 5.41) is 17.5. The Morgan fingerprint density at radius 2 is 2.03 bits per heavy atom. The fraction of sp³-hybridized carbons (Fsp3) is 0.545. The molecule has 0 saturated carbocycles. The first-order valence-corrected chi connectivity index (χ1v) is 13.9. The number of rotatable bonds is 9. The van der Waals surface area contributed by atoms with Crippen molar-refractivity contribution in [2.24, 2.45) is 5.16 Å². The molecular weight excluding hydrogens is 538 g/mol. The molecule has 38 heavy (non-hydrogen) atoms. The number of piperazine rings is 1. The third-order valence-electron chi connectivity index (χ3n) is 6.10. The summed E-state index contributed by atoms with van der Waals surface area (Å²) in [5.74, 6) is -2.39. The van der Waals surface area contributed by atoms with E-state index in [4.69, 9.17) is 15.3 Å². The smallest absolute Gasteiger partial charge is 0.410 e. The molecule has 3 aliphatic rings. The highest BCUT2D eigenvalue weighted by atomic mass is 32.2. The number of oxime groups is 1. The molecule has 0 spiro atoms. The number of carboxylic acids is 1. The zero-order valence-electron chi connectivity index (χ0n) is 20.9. The Bertz CT molecular complexity index is 1160. The Morgan fingerprint density at radius 3 is 2.66 bits per heavy atom. The highest BCUT2D eigenvalue weighted by molar-refractivity contribution is 8.00. The van der Waals surface area contributed by atoms with Crippen molar-refractivity contribution >= 4 is 57.8 Å². The predicted molar refractivity (Wildman–Crippen MR) is 139 cm³/mol. The van der Waals surface area contributed by atoms with Crippen LogP contribution in [0.5, 0.6) is 0 Å². The first kappa shape index (κ1) is 27.7. The van der Waals surface area contributed by atoms with Gasteiger partial charge in [0.25, 0.3) is 11.8 Å². The summed E-state index contributed by atoms with van der Waals surface area (Å²) < 4.78 is 5.38. The lowest BCUT2D eigenvalue weighted by molar-refractivity contribution is -0.150. The van der Waals surface area contributed by atoms with Gasteiger partial charge in [-0.3, -0.25) is 14.5 Å². The average Bonchev–Trinajstić information content (AvgIpc) is 3.33. The van der Waals surface area contributed by atoms with Crippen molar-refractivity contribution in [3.05, 3.63) is 22.3 Å². The summed E-state index contributed by atoms with van der Waals surface area (Å²) in [7, 11) is 1.96. The first-order valence-electron chi connectivity index (χ1n) is 11.9. The van der Waals surface area contributed by atoms with Crippen molar-refractivity contribution in [1.82, 2.24) is 25.0 Å². The third-order valence-corrected chi connectivity index (χ3v) is 8.11. The van der Waals surface area contributed by atoms with Crippen LogP contribution in [0, 0.1) is 0 Å². The second-order valence-electron chi connectivity index (χ2n) is 8.81. The number of nitrogen functional groups attached to an aromatic ring is 1. The zero-order chi connectivity index (χ0) is 27.4. The number of β-lactam (4-membered cyclic amide) rings is 1. The maximum absolute atomic E-state index is 13.0. The number of carbonyl (C=O) groups excluding carboxylic acids is 3. The number of thiazole rings is 1. The van der Waals surface area contributed by atoms with Gasteiger partial charge in [0.2, 0.25) is 0 Å². The lowest BCUT2D eigenvalue weighted by Crippen LogP contribution is -2.71. The third kappa shape index (κ3) is 5.86. The number of likely N-dealkylation sites (N-methyl/N-ethyl adjacent to an activating group) is 1. The SMILES string of the molecule is CCCON=C(C(=O)NC1C(=O)N2C(C(=O)O)=C(COC(=O)N3CCN(C)CC3)CS[C@H]12)c1csc(N)n1. The van der Waals surface area contributed by atoms with Gasteiger partial charge in [-0.15, -0.1) is 23.1 Å². The fourth-order valence-electron chi connectivity index (χ4n) is 4.04. The van der Waals surface area contributed by atoms with Gasteiger partial charge in [-0.1, -0.05) is 12.1 Å². The highest BCUT2D eigenvalue weighted by Crippen LogP contribution is 2.40. The van der Waals surface area contributed by atoms with Gasteiger partial charge < -0.3 is 35.5 Å². The normalized spacial score (nSPS) is 22.1. The molecule has 1 unspecified atom stereocenters. The van der Waals surface area contributed by atoms with Crippen LogP contribution in [-0.2, 0) is 24.0 Å². The lowest BCUT2D eigenvalue weighted by Gasteiger charge is -2.49. The van der Waals surface area contributed by atoms with Gasteiger partial charge in [0.05, 0.1) is 0 Å². The fourth-order valence-corrected chi connectivity index (χ4v) is 5.91. The number of hydrogen-bond acceptors (Lipinski definition) is 12. The molecule has 16 heteroatoms. The van der Waals surface area contributed by atoms with E-state index < -0.39 is 35.3 Å². The number of anilines is 1. The van der Waals surface area contributed by atoms with Crippen LogP contribution in [0.4, 0.5) is 9.93 Å². The summed E-state index contributed by atoms with van der Waals surface area (Å²) in [5.41, 5.74) is 5.84. The quantitative estimate of drug-likeness (QED) is 0.158. The van der Waals surface area contributed by atoms with Crippen LogP contribution in [0.2, 0.25) is 0 Å². The van der Waals surface area contributed by atoms with Crippen LogP contribution in [0.1, 0.15) is 19.0 Å². The minimum Gasteiger partial charge on any atom is -0.477 e. The van der Waals surface area contributed by atoms with Crippen LogP contribution >= 0.6 is 23.1 Å². The molecule has 2 saturated heterocycles. The molecule has 2 fully saturated rings. The van der Waals surface area contributed by atoms with Gasteiger partial charge in [0, 0.05) is 42.9 Å². The lowest BCUT2D eigenvalue weighted by atomic mass is 10.0. The standard InChI is InChI=1S/C22H29N7O7S2/c1-3-8-36-26-14(13-11-38-21(23)24-13)17(30)25-15-18(31)29-16(20(32)33)12(10-37-19(15)29)9-35-22(34)28-6-4-27(2)5-7-28/h11,15,19H,3-10H2,1-2H3,(H2,23,24)(H,25,30)(H,32,33)/t15?,19-/m1/s1. The molecule has 4 heterocycles. The van der Waals surface area contributed by atoms with Crippen molar-refractivity contribution in [3.8, 4) is 0 Å². The number of aliphatic carboxylic acids is 1. The van der Waals surface area contributed by atoms with Crippen LogP contribution < -0.4 is 11.1 Å². The summed E-state index contributed by atoms with van der Waals surface area (Å²) >= 11 is 2.39. The summed E-state index contributed by atoms with van der Waals surface area (Å²) in [4.78, 5) is 64.6. The second kappa shape index (κ2) is 12.0. The molecule has 3 aliphatic heterocycles. The monoisotopic (exact) mass is 567 g/mol. The topological polar surface area (TPSA) is 180 Å². The summed E-state index contributed by atoms with van der Waals surface area (Å²) in [6.07, 6.45) is 0.145. The highest BCUT2D eigenvalue weighted by Gasteiger charge is 2.54. The molecule has 4 N–H and O–H groups in total. The molecular formula is C22H29N7O7S2. The van der Waals surface area contributed by atoms with Crippen molar-refractivity contribution in [2.75, 3.05) is 57.9 Å². The van der Waals surface area contributed by atoms with Crippen LogP contribution in [0.3, 0.4) is 0 Å². The Labute approximate surface area is 226 Å². The molecule has 206 valence electrons. The molecule has 2 atom stereocenters. The van der Waals surface area contributed by atoms with Gasteiger partial charge in [-0.2, -0.15) is 0 Å². The number of aromatic nitrogens is 1. The number of ether oxygens (including phenoxy) is 1. The first-order chi connectivity index (χ1) is 18.2. The Kier molecular flexibility index (Phi) is 8.73. The van der Waals surface area contributed by atoms with E-state index >= 15 is 0 Å². The molecule has 1 aromatic rings. The van der Waals surface area contributed by atoms with Gasteiger partial charge >= 0.3 is 12.1 Å². The van der Waals surface area contributed by atoms with Gasteiger partial charge in [0.1, 0.15) is 36.0 Å². The maximum atomic E-state index is 13.0. The van der Waals surface area contributed by atoms with Gasteiger partial charge in [-0.25, -0.2) is 14.6 Å².